The van der Waals surface area contributed by atoms with E-state index in [-0.39, 0.29) is 18.1 Å². The molecule has 4 rings (SSSR count). The lowest BCUT2D eigenvalue weighted by Gasteiger charge is -2.33. The molecule has 2 amide bonds. The molecule has 0 bridgehead atoms. The van der Waals surface area contributed by atoms with Crippen LogP contribution in [0.3, 0.4) is 0 Å². The molecule has 1 atom stereocenters. The Balaban J connectivity index is 1.22. The summed E-state index contributed by atoms with van der Waals surface area (Å²) in [5.41, 5.74) is 0.914. The molecule has 0 aromatic carbocycles. The molecule has 4 heterocycles. The Bertz CT molecular complexity index is 874. The minimum atomic E-state index is -0.135. The van der Waals surface area contributed by atoms with E-state index in [9.17, 15) is 4.79 Å². The zero-order valence-corrected chi connectivity index (χ0v) is 16.9. The van der Waals surface area contributed by atoms with E-state index in [2.05, 4.69) is 25.5 Å². The molecule has 0 saturated carbocycles. The van der Waals surface area contributed by atoms with Crippen LogP contribution in [0.4, 0.5) is 10.6 Å². The summed E-state index contributed by atoms with van der Waals surface area (Å²) in [6.45, 7) is 2.32. The molecule has 6 nitrogen and oxygen atoms in total. The molecule has 8 heteroatoms. The number of carbonyl (C=O) groups excluding carboxylic acids is 1. The molecule has 1 saturated heterocycles. The largest absolute Gasteiger partial charge is 0.356 e. The number of hydrogen-bond acceptors (Lipinski definition) is 5. The summed E-state index contributed by atoms with van der Waals surface area (Å²) in [5.74, 6) is 0.999. The van der Waals surface area contributed by atoms with E-state index >= 15 is 0 Å². The Morgan fingerprint density at radius 3 is 2.68 bits per heavy atom. The number of nitrogens with zero attached hydrogens (tertiary/aromatic N) is 3. The average Bonchev–Trinajstić information content (AvgIpc) is 3.16. The van der Waals surface area contributed by atoms with Crippen LogP contribution in [0.25, 0.3) is 0 Å². The molecular formula is C20H22ClN5OS. The minimum Gasteiger partial charge on any atom is -0.356 e. The monoisotopic (exact) mass is 415 g/mol. The van der Waals surface area contributed by atoms with Crippen LogP contribution < -0.4 is 15.5 Å². The molecule has 28 heavy (non-hydrogen) atoms. The molecule has 0 radical (unpaired) electrons. The van der Waals surface area contributed by atoms with Gasteiger partial charge in [-0.2, -0.15) is 0 Å². The van der Waals surface area contributed by atoms with Crippen molar-refractivity contribution in [1.82, 2.24) is 15.6 Å². The first-order valence-corrected chi connectivity index (χ1v) is 10.6. The van der Waals surface area contributed by atoms with Crippen molar-refractivity contribution < 1.29 is 4.79 Å². The van der Waals surface area contributed by atoms with Crippen molar-refractivity contribution >= 4 is 40.5 Å². The number of aromatic nitrogens is 1. The first-order valence-electron chi connectivity index (χ1n) is 9.39. The number of amides is 2. The molecular weight excluding hydrogens is 394 g/mol. The van der Waals surface area contributed by atoms with Gasteiger partial charge in [0.25, 0.3) is 0 Å². The number of piperidine rings is 1. The molecule has 1 unspecified atom stereocenters. The first-order chi connectivity index (χ1) is 13.7. The highest BCUT2D eigenvalue weighted by Crippen LogP contribution is 2.23. The normalized spacial score (nSPS) is 20.0. The van der Waals surface area contributed by atoms with Crippen molar-refractivity contribution in [3.8, 4) is 0 Å². The number of pyridine rings is 1. The Morgan fingerprint density at radius 2 is 2.04 bits per heavy atom. The Morgan fingerprint density at radius 1 is 1.18 bits per heavy atom. The highest BCUT2D eigenvalue weighted by Gasteiger charge is 2.22. The maximum atomic E-state index is 12.3. The van der Waals surface area contributed by atoms with Crippen molar-refractivity contribution in [2.75, 3.05) is 24.5 Å². The fourth-order valence-electron chi connectivity index (χ4n) is 3.41. The smallest absolute Gasteiger partial charge is 0.315 e. The van der Waals surface area contributed by atoms with Gasteiger partial charge in [-0.1, -0.05) is 23.7 Å². The number of anilines is 1. The molecule has 0 spiro atoms. The topological polar surface area (TPSA) is 69.6 Å². The van der Waals surface area contributed by atoms with Crippen molar-refractivity contribution in [2.45, 2.75) is 24.9 Å². The van der Waals surface area contributed by atoms with E-state index in [1.807, 2.05) is 48.7 Å². The van der Waals surface area contributed by atoms with Gasteiger partial charge in [0.15, 0.2) is 0 Å². The second-order valence-corrected chi connectivity index (χ2v) is 8.58. The lowest BCUT2D eigenvalue weighted by Crippen LogP contribution is -2.50. The number of dihydropyridines is 1. The average molecular weight is 416 g/mol. The van der Waals surface area contributed by atoms with Crippen molar-refractivity contribution in [3.05, 3.63) is 57.9 Å². The van der Waals surface area contributed by atoms with Gasteiger partial charge in [0.05, 0.1) is 27.5 Å². The number of nitrogens with one attached hydrogen (secondary N) is 2. The van der Waals surface area contributed by atoms with Gasteiger partial charge in [0.1, 0.15) is 5.82 Å². The van der Waals surface area contributed by atoms with Crippen LogP contribution in [0.2, 0.25) is 4.34 Å². The summed E-state index contributed by atoms with van der Waals surface area (Å²) in [4.78, 5) is 24.6. The number of carbonyl (C=O) groups is 1. The van der Waals surface area contributed by atoms with Crippen LogP contribution >= 0.6 is 22.9 Å². The molecule has 0 aliphatic carbocycles. The van der Waals surface area contributed by atoms with Crippen LogP contribution in [0, 0.1) is 0 Å². The summed E-state index contributed by atoms with van der Waals surface area (Å²) < 4.78 is 0.750. The van der Waals surface area contributed by atoms with E-state index < -0.39 is 0 Å². The molecule has 1 fully saturated rings. The van der Waals surface area contributed by atoms with Crippen molar-refractivity contribution in [1.29, 1.82) is 0 Å². The van der Waals surface area contributed by atoms with Gasteiger partial charge >= 0.3 is 6.03 Å². The number of aliphatic imine (C=N–C) groups is 1. The molecule has 2 aromatic rings. The summed E-state index contributed by atoms with van der Waals surface area (Å²) in [6, 6.07) is 9.73. The highest BCUT2D eigenvalue weighted by atomic mass is 35.5. The van der Waals surface area contributed by atoms with E-state index in [0.29, 0.717) is 6.54 Å². The maximum absolute atomic E-state index is 12.3. The standard InChI is InChI=1S/C20H22ClN5OS/c21-18-7-6-17(28-18)16-5-4-15(13-23-16)25-20(27)24-14-8-11-26(12-9-14)19-3-1-2-10-22-19/h1-7,10,14-15H,8-9,11-13H2,(H2,24,25,27). The third-order valence-corrected chi connectivity index (χ3v) is 6.14. The molecule has 2 aliphatic heterocycles. The summed E-state index contributed by atoms with van der Waals surface area (Å²) >= 11 is 7.49. The third kappa shape index (κ3) is 4.72. The molecule has 2 aliphatic rings. The summed E-state index contributed by atoms with van der Waals surface area (Å²) in [5, 5.41) is 6.08. The number of rotatable bonds is 4. The predicted molar refractivity (Wildman–Crippen MR) is 115 cm³/mol. The number of allylic oxidation sites excluding steroid dienone is 1. The van der Waals surface area contributed by atoms with Crippen molar-refractivity contribution in [3.63, 3.8) is 0 Å². The van der Waals surface area contributed by atoms with E-state index in [0.717, 1.165) is 46.7 Å². The van der Waals surface area contributed by atoms with Gasteiger partial charge in [-0.05, 0) is 43.2 Å². The molecule has 2 aromatic heterocycles. The second-order valence-electron chi connectivity index (χ2n) is 6.86. The van der Waals surface area contributed by atoms with Crippen molar-refractivity contribution in [2.24, 2.45) is 4.99 Å². The fourth-order valence-corrected chi connectivity index (χ4v) is 4.44. The van der Waals surface area contributed by atoms with Crippen LogP contribution in [-0.2, 0) is 0 Å². The first kappa shape index (κ1) is 19.0. The van der Waals surface area contributed by atoms with E-state index in [4.69, 9.17) is 11.6 Å². The lowest BCUT2D eigenvalue weighted by atomic mass is 10.1. The Hall–Kier alpha value is -2.38. The van der Waals surface area contributed by atoms with Crippen LogP contribution in [-0.4, -0.2) is 48.4 Å². The van der Waals surface area contributed by atoms with Gasteiger partial charge in [0.2, 0.25) is 0 Å². The van der Waals surface area contributed by atoms with Crippen LogP contribution in [0.1, 0.15) is 17.7 Å². The predicted octanol–water partition coefficient (Wildman–Crippen LogP) is 3.49. The number of urea groups is 1. The molecule has 146 valence electrons. The van der Waals surface area contributed by atoms with E-state index in [1.54, 1.807) is 0 Å². The third-order valence-electron chi connectivity index (χ3n) is 4.89. The zero-order chi connectivity index (χ0) is 19.3. The fraction of sp³-hybridized carbons (Fsp3) is 0.350. The second kappa shape index (κ2) is 8.75. The van der Waals surface area contributed by atoms with Gasteiger partial charge in [-0.25, -0.2) is 9.78 Å². The van der Waals surface area contributed by atoms with Crippen LogP contribution in [0.15, 0.2) is 53.7 Å². The SMILES string of the molecule is O=C(NC1C=CC(c2ccc(Cl)s2)=NC1)NC1CCN(c2ccccn2)CC1. The number of halogens is 1. The van der Waals surface area contributed by atoms with Gasteiger partial charge in [-0.3, -0.25) is 4.99 Å². The summed E-state index contributed by atoms with van der Waals surface area (Å²) in [6.07, 6.45) is 7.56. The number of hydrogen-bond donors (Lipinski definition) is 2. The number of thiophene rings is 1. The summed E-state index contributed by atoms with van der Waals surface area (Å²) in [7, 11) is 0. The quantitative estimate of drug-likeness (QED) is 0.803. The van der Waals surface area contributed by atoms with E-state index in [1.165, 1.54) is 11.3 Å². The van der Waals surface area contributed by atoms with Crippen LogP contribution in [0.5, 0.6) is 0 Å². The Labute approximate surface area is 173 Å². The molecule has 2 N–H and O–H groups in total. The highest BCUT2D eigenvalue weighted by molar-refractivity contribution is 7.18. The lowest BCUT2D eigenvalue weighted by molar-refractivity contribution is 0.232. The Kier molecular flexibility index (Phi) is 5.92. The van der Waals surface area contributed by atoms with Gasteiger partial charge in [-0.15, -0.1) is 11.3 Å². The van der Waals surface area contributed by atoms with Gasteiger partial charge in [0, 0.05) is 25.3 Å². The minimum absolute atomic E-state index is 0.0900. The zero-order valence-electron chi connectivity index (χ0n) is 15.3. The van der Waals surface area contributed by atoms with Gasteiger partial charge < -0.3 is 15.5 Å². The maximum Gasteiger partial charge on any atom is 0.315 e.